The van der Waals surface area contributed by atoms with Gasteiger partial charge in [-0.2, -0.15) is 5.10 Å². The highest BCUT2D eigenvalue weighted by atomic mass is 16.5. The molecule has 32 heavy (non-hydrogen) atoms. The lowest BCUT2D eigenvalue weighted by Crippen LogP contribution is -2.02. The van der Waals surface area contributed by atoms with E-state index in [0.717, 1.165) is 50.7 Å². The molecule has 3 heterocycles. The van der Waals surface area contributed by atoms with Gasteiger partial charge in [-0.15, -0.1) is 0 Å². The Kier molecular flexibility index (Phi) is 4.86. The Hall–Kier alpha value is -4.13. The second-order valence-electron chi connectivity index (χ2n) is 7.65. The average molecular weight is 425 g/mol. The van der Waals surface area contributed by atoms with Gasteiger partial charge in [0.15, 0.2) is 11.7 Å². The Bertz CT molecular complexity index is 1420. The maximum Gasteiger partial charge on any atom is 0.191 e. The van der Waals surface area contributed by atoms with Crippen molar-refractivity contribution in [2.45, 2.75) is 20.8 Å². The van der Waals surface area contributed by atoms with Crippen LogP contribution in [0, 0.1) is 20.8 Å². The molecule has 7 nitrogen and oxygen atoms in total. The largest absolute Gasteiger partial charge is 0.497 e. The summed E-state index contributed by atoms with van der Waals surface area (Å²) in [6, 6.07) is 16.0. The number of pyridine rings is 1. The van der Waals surface area contributed by atoms with Crippen LogP contribution in [0.15, 0.2) is 65.3 Å². The second-order valence-corrected chi connectivity index (χ2v) is 7.65. The van der Waals surface area contributed by atoms with E-state index in [-0.39, 0.29) is 0 Å². The molecule has 2 aromatic carbocycles. The third-order valence-corrected chi connectivity index (χ3v) is 5.50. The van der Waals surface area contributed by atoms with Crippen LogP contribution in [0.25, 0.3) is 28.0 Å². The Morgan fingerprint density at radius 1 is 0.969 bits per heavy atom. The fourth-order valence-electron chi connectivity index (χ4n) is 3.76. The van der Waals surface area contributed by atoms with Crippen LogP contribution < -0.4 is 10.1 Å². The number of ether oxygens (including phenoxy) is 1. The molecule has 0 spiro atoms. The van der Waals surface area contributed by atoms with Gasteiger partial charge in [0.2, 0.25) is 0 Å². The third kappa shape index (κ3) is 3.47. The summed E-state index contributed by atoms with van der Waals surface area (Å²) >= 11 is 0. The van der Waals surface area contributed by atoms with Gasteiger partial charge in [0.1, 0.15) is 17.0 Å². The number of benzene rings is 2. The normalized spacial score (nSPS) is 11.1. The van der Waals surface area contributed by atoms with Crippen molar-refractivity contribution in [2.75, 3.05) is 12.4 Å². The molecular weight excluding hydrogens is 402 g/mol. The molecule has 0 saturated heterocycles. The molecule has 0 unspecified atom stereocenters. The molecule has 0 fully saturated rings. The Morgan fingerprint density at radius 2 is 1.84 bits per heavy atom. The Balaban J connectivity index is 1.51. The summed E-state index contributed by atoms with van der Waals surface area (Å²) in [5, 5.41) is 9.47. The maximum atomic E-state index is 5.55. The molecule has 0 amide bonds. The van der Waals surface area contributed by atoms with Gasteiger partial charge in [-0.3, -0.25) is 4.98 Å². The van der Waals surface area contributed by atoms with E-state index in [1.54, 1.807) is 19.5 Å². The van der Waals surface area contributed by atoms with Crippen LogP contribution in [-0.4, -0.2) is 26.9 Å². The summed E-state index contributed by atoms with van der Waals surface area (Å²) < 4.78 is 12.9. The van der Waals surface area contributed by atoms with Crippen LogP contribution in [0.4, 0.5) is 11.4 Å². The third-order valence-electron chi connectivity index (χ3n) is 5.50. The number of methoxy groups -OCH3 is 1. The summed E-state index contributed by atoms with van der Waals surface area (Å²) in [4.78, 5) is 8.63. The van der Waals surface area contributed by atoms with Gasteiger partial charge >= 0.3 is 0 Å². The molecule has 0 bridgehead atoms. The van der Waals surface area contributed by atoms with Crippen LogP contribution in [0.5, 0.6) is 5.75 Å². The second kappa shape index (κ2) is 7.85. The lowest BCUT2D eigenvalue weighted by Gasteiger charge is -2.10. The minimum atomic E-state index is 0.618. The van der Waals surface area contributed by atoms with E-state index in [0.29, 0.717) is 11.7 Å². The van der Waals surface area contributed by atoms with Crippen molar-refractivity contribution in [1.82, 2.24) is 19.7 Å². The van der Waals surface area contributed by atoms with Crippen LogP contribution in [0.3, 0.4) is 0 Å². The first kappa shape index (κ1) is 19.8. The van der Waals surface area contributed by atoms with Crippen molar-refractivity contribution in [3.8, 4) is 22.9 Å². The molecule has 0 aliphatic carbocycles. The quantitative estimate of drug-likeness (QED) is 0.386. The Morgan fingerprint density at radius 3 is 2.56 bits per heavy atom. The van der Waals surface area contributed by atoms with Crippen LogP contribution >= 0.6 is 0 Å². The Labute approximate surface area is 185 Å². The van der Waals surface area contributed by atoms with Gasteiger partial charge < -0.3 is 14.5 Å². The number of nitrogens with one attached hydrogen (secondary N) is 1. The first-order valence-corrected chi connectivity index (χ1v) is 10.3. The van der Waals surface area contributed by atoms with Crippen molar-refractivity contribution in [3.63, 3.8) is 0 Å². The summed E-state index contributed by atoms with van der Waals surface area (Å²) in [7, 11) is 1.67. The zero-order valence-electron chi connectivity index (χ0n) is 18.4. The molecule has 7 heteroatoms. The van der Waals surface area contributed by atoms with Crippen LogP contribution in [-0.2, 0) is 0 Å². The van der Waals surface area contributed by atoms with E-state index in [1.807, 2.05) is 54.1 Å². The number of anilines is 2. The monoisotopic (exact) mass is 425 g/mol. The predicted molar refractivity (Wildman–Crippen MR) is 125 cm³/mol. The molecule has 0 atom stereocenters. The fourth-order valence-corrected chi connectivity index (χ4v) is 3.76. The molecule has 0 aliphatic rings. The van der Waals surface area contributed by atoms with E-state index in [1.165, 1.54) is 0 Å². The van der Waals surface area contributed by atoms with Crippen LogP contribution in [0.2, 0.25) is 0 Å². The maximum absolute atomic E-state index is 5.55. The SMILES string of the molecule is COc1ccc(C)c(-n2nc3c(Nc4ccc(-c5cnc(C)o5)nc4)cccc3c2C)c1. The highest BCUT2D eigenvalue weighted by molar-refractivity contribution is 5.94. The average Bonchev–Trinajstić information content (AvgIpc) is 3.39. The van der Waals surface area contributed by atoms with E-state index in [9.17, 15) is 0 Å². The number of hydrogen-bond acceptors (Lipinski definition) is 6. The zero-order chi connectivity index (χ0) is 22.2. The van der Waals surface area contributed by atoms with Crippen molar-refractivity contribution in [3.05, 3.63) is 78.1 Å². The first-order chi connectivity index (χ1) is 15.5. The van der Waals surface area contributed by atoms with E-state index < -0.39 is 0 Å². The minimum absolute atomic E-state index is 0.618. The number of aromatic nitrogens is 4. The topological polar surface area (TPSA) is 78.0 Å². The summed E-state index contributed by atoms with van der Waals surface area (Å²) in [6.07, 6.45) is 3.46. The molecule has 5 rings (SSSR count). The lowest BCUT2D eigenvalue weighted by molar-refractivity contribution is 0.414. The minimum Gasteiger partial charge on any atom is -0.497 e. The van der Waals surface area contributed by atoms with Crippen molar-refractivity contribution >= 4 is 22.3 Å². The van der Waals surface area contributed by atoms with E-state index >= 15 is 0 Å². The smallest absolute Gasteiger partial charge is 0.191 e. The number of fused-ring (bicyclic) bond motifs is 1. The molecule has 0 radical (unpaired) electrons. The lowest BCUT2D eigenvalue weighted by atomic mass is 10.1. The molecule has 0 aliphatic heterocycles. The van der Waals surface area contributed by atoms with Gasteiger partial charge in [0, 0.05) is 24.1 Å². The highest BCUT2D eigenvalue weighted by Crippen LogP contribution is 2.31. The first-order valence-electron chi connectivity index (χ1n) is 10.3. The van der Waals surface area contributed by atoms with E-state index in [4.69, 9.17) is 14.3 Å². The van der Waals surface area contributed by atoms with Gasteiger partial charge in [-0.1, -0.05) is 18.2 Å². The number of rotatable bonds is 5. The number of oxazole rings is 1. The van der Waals surface area contributed by atoms with Crippen molar-refractivity contribution < 1.29 is 9.15 Å². The van der Waals surface area contributed by atoms with Crippen LogP contribution in [0.1, 0.15) is 17.1 Å². The highest BCUT2D eigenvalue weighted by Gasteiger charge is 2.15. The molecule has 1 N–H and O–H groups in total. The number of hydrogen-bond donors (Lipinski definition) is 1. The van der Waals surface area contributed by atoms with Gasteiger partial charge in [-0.05, 0) is 43.7 Å². The number of nitrogens with zero attached hydrogens (tertiary/aromatic N) is 4. The fraction of sp³-hybridized carbons (Fsp3) is 0.160. The molecule has 3 aromatic heterocycles. The summed E-state index contributed by atoms with van der Waals surface area (Å²) in [5.41, 5.74) is 6.59. The predicted octanol–water partition coefficient (Wildman–Crippen LogP) is 5.75. The van der Waals surface area contributed by atoms with Crippen molar-refractivity contribution in [1.29, 1.82) is 0 Å². The molecular formula is C25H23N5O2. The molecule has 5 aromatic rings. The van der Waals surface area contributed by atoms with Crippen molar-refractivity contribution in [2.24, 2.45) is 0 Å². The van der Waals surface area contributed by atoms with E-state index in [2.05, 4.69) is 35.2 Å². The summed E-state index contributed by atoms with van der Waals surface area (Å²) in [5.74, 6) is 2.07. The molecule has 0 saturated carbocycles. The summed E-state index contributed by atoms with van der Waals surface area (Å²) in [6.45, 7) is 5.96. The van der Waals surface area contributed by atoms with Gasteiger partial charge in [0.25, 0.3) is 0 Å². The van der Waals surface area contributed by atoms with Gasteiger partial charge in [0.05, 0.1) is 36.6 Å². The standard InChI is InChI=1S/C25H23N5O2/c1-15-8-10-19(31-4)12-23(15)30-16(2)20-6-5-7-22(25(20)29-30)28-18-9-11-21(27-13-18)24-14-26-17(3)32-24/h5-14,28H,1-4H3. The van der Waals surface area contributed by atoms with Gasteiger partial charge in [-0.25, -0.2) is 9.67 Å². The number of aryl methyl sites for hydroxylation is 3. The molecule has 160 valence electrons. The zero-order valence-corrected chi connectivity index (χ0v) is 18.4.